The van der Waals surface area contributed by atoms with E-state index in [-0.39, 0.29) is 24.0 Å². The molecule has 2 aliphatic heterocycles. The van der Waals surface area contributed by atoms with E-state index in [1.54, 1.807) is 0 Å². The Kier molecular flexibility index (Phi) is 6.86. The Morgan fingerprint density at radius 3 is 1.56 bits per heavy atom. The van der Waals surface area contributed by atoms with Crippen molar-refractivity contribution in [2.75, 3.05) is 0 Å². The smallest absolute Gasteiger partial charge is 0.450 e. The number of halogens is 10. The second kappa shape index (κ2) is 9.70. The van der Waals surface area contributed by atoms with Crippen LogP contribution < -0.4 is 13.1 Å². The molecule has 0 unspecified atom stereocenters. The van der Waals surface area contributed by atoms with Crippen LogP contribution in [0.1, 0.15) is 37.4 Å². The molecule has 0 N–H and O–H groups in total. The van der Waals surface area contributed by atoms with Gasteiger partial charge in [0.15, 0.2) is 28.7 Å². The van der Waals surface area contributed by atoms with Crippen LogP contribution in [0.4, 0.5) is 43.9 Å². The molecule has 240 valence electrons. The molecule has 45 heavy (non-hydrogen) atoms. The molecule has 0 radical (unpaired) electrons. The molecular formula is C23H6F10O10S2. The minimum atomic E-state index is -6.81. The molecule has 0 aliphatic carbocycles. The topological polar surface area (TPSA) is 139 Å². The van der Waals surface area contributed by atoms with Gasteiger partial charge in [0.1, 0.15) is 6.29 Å². The number of hydrogen-bond acceptors (Lipinski definition) is 10. The number of rotatable bonds is 5. The van der Waals surface area contributed by atoms with Crippen LogP contribution >= 0.6 is 0 Å². The van der Waals surface area contributed by atoms with Crippen molar-refractivity contribution in [2.24, 2.45) is 0 Å². The Labute approximate surface area is 241 Å². The van der Waals surface area contributed by atoms with Gasteiger partial charge in [-0.25, -0.2) is 13.6 Å². The summed E-state index contributed by atoms with van der Waals surface area (Å²) in [5.74, 6) is -19.1. The Morgan fingerprint density at radius 2 is 1.16 bits per heavy atom. The van der Waals surface area contributed by atoms with E-state index < -0.39 is 111 Å². The fraction of sp³-hybridized carbons (Fsp3) is 0.130. The average Bonchev–Trinajstić information content (AvgIpc) is 3.21. The van der Waals surface area contributed by atoms with Crippen molar-refractivity contribution in [2.45, 2.75) is 16.6 Å². The van der Waals surface area contributed by atoms with Gasteiger partial charge in [-0.3, -0.25) is 4.79 Å². The highest BCUT2D eigenvalue weighted by atomic mass is 32.2. The van der Waals surface area contributed by atoms with Crippen molar-refractivity contribution in [3.63, 3.8) is 0 Å². The Balaban J connectivity index is 1.88. The Morgan fingerprint density at radius 1 is 0.711 bits per heavy atom. The molecule has 22 heteroatoms. The lowest BCUT2D eigenvalue weighted by Crippen LogP contribution is -2.35. The van der Waals surface area contributed by atoms with Crippen LogP contribution in [0.3, 0.4) is 0 Å². The standard InChI is InChI=1S/C23H6F10O10S2/c24-12-4-10-16(14(26)18(12)42-44(36,37)22(28,29)30)40-17-11(5-13(25)19(15(17)27)43-45(38,39)23(31,32)33)21(10)9-3-7(6-34)1-2-8(9)20(35)41-21/h1-6H. The van der Waals surface area contributed by atoms with Crippen LogP contribution in [0.25, 0.3) is 0 Å². The summed E-state index contributed by atoms with van der Waals surface area (Å²) < 4.78 is 202. The van der Waals surface area contributed by atoms with Crippen molar-refractivity contribution in [3.8, 4) is 23.0 Å². The quantitative estimate of drug-likeness (QED) is 0.117. The molecule has 0 atom stereocenters. The first-order chi connectivity index (χ1) is 20.6. The average molecular weight is 696 g/mol. The zero-order valence-corrected chi connectivity index (χ0v) is 22.3. The van der Waals surface area contributed by atoms with Gasteiger partial charge in [0.05, 0.1) is 16.7 Å². The number of alkyl halides is 6. The Bertz CT molecular complexity index is 1950. The first kappa shape index (κ1) is 31.8. The first-order valence-electron chi connectivity index (χ1n) is 11.1. The van der Waals surface area contributed by atoms with E-state index in [4.69, 9.17) is 9.47 Å². The van der Waals surface area contributed by atoms with E-state index in [0.29, 0.717) is 0 Å². The van der Waals surface area contributed by atoms with Gasteiger partial charge in [0.25, 0.3) is 0 Å². The van der Waals surface area contributed by atoms with Crippen LogP contribution in [-0.2, 0) is 30.6 Å². The fourth-order valence-corrected chi connectivity index (χ4v) is 5.29. The molecule has 0 saturated carbocycles. The normalized spacial score (nSPS) is 15.5. The summed E-state index contributed by atoms with van der Waals surface area (Å²) in [6, 6.07) is 2.65. The fourth-order valence-electron chi connectivity index (χ4n) is 4.36. The molecule has 10 nitrogen and oxygen atoms in total. The highest BCUT2D eigenvalue weighted by molar-refractivity contribution is 7.88. The second-order valence-electron chi connectivity index (χ2n) is 8.82. The van der Waals surface area contributed by atoms with Gasteiger partial charge < -0.3 is 17.8 Å². The number of ether oxygens (including phenoxy) is 2. The molecule has 5 rings (SSSR count). The Hall–Kier alpha value is -4.60. The van der Waals surface area contributed by atoms with Crippen molar-refractivity contribution in [1.29, 1.82) is 0 Å². The number of esters is 1. The summed E-state index contributed by atoms with van der Waals surface area (Å²) in [6.07, 6.45) is 0.151. The molecule has 3 aromatic rings. The third-order valence-electron chi connectivity index (χ3n) is 6.20. The zero-order chi connectivity index (χ0) is 33.7. The van der Waals surface area contributed by atoms with Crippen LogP contribution in [0.5, 0.6) is 23.0 Å². The summed E-state index contributed by atoms with van der Waals surface area (Å²) in [4.78, 5) is 24.3. The molecular weight excluding hydrogens is 690 g/mol. The molecule has 3 aromatic carbocycles. The van der Waals surface area contributed by atoms with Gasteiger partial charge >= 0.3 is 37.2 Å². The van der Waals surface area contributed by atoms with Gasteiger partial charge in [0, 0.05) is 11.1 Å². The molecule has 0 amide bonds. The predicted octanol–water partition coefficient (Wildman–Crippen LogP) is 5.08. The number of aldehydes is 1. The summed E-state index contributed by atoms with van der Waals surface area (Å²) >= 11 is 0. The van der Waals surface area contributed by atoms with Crippen LogP contribution in [0.2, 0.25) is 0 Å². The summed E-state index contributed by atoms with van der Waals surface area (Å²) in [7, 11) is -13.6. The zero-order valence-electron chi connectivity index (χ0n) is 20.6. The van der Waals surface area contributed by atoms with Gasteiger partial charge in [-0.15, -0.1) is 0 Å². The summed E-state index contributed by atoms with van der Waals surface area (Å²) in [6.45, 7) is 0. The molecule has 0 fully saturated rings. The third kappa shape index (κ3) is 4.60. The van der Waals surface area contributed by atoms with Crippen molar-refractivity contribution < 1.29 is 88.2 Å². The predicted molar refractivity (Wildman–Crippen MR) is 121 cm³/mol. The monoisotopic (exact) mass is 696 g/mol. The summed E-state index contributed by atoms with van der Waals surface area (Å²) in [5.41, 5.74) is -19.4. The van der Waals surface area contributed by atoms with E-state index in [1.807, 2.05) is 0 Å². The van der Waals surface area contributed by atoms with Crippen LogP contribution in [0.15, 0.2) is 30.3 Å². The van der Waals surface area contributed by atoms with E-state index in [2.05, 4.69) is 8.37 Å². The van der Waals surface area contributed by atoms with E-state index in [1.165, 1.54) is 0 Å². The van der Waals surface area contributed by atoms with Crippen molar-refractivity contribution >= 4 is 32.5 Å². The number of carbonyl (C=O) groups is 2. The third-order valence-corrected chi connectivity index (χ3v) is 8.11. The number of fused-ring (bicyclic) bond motifs is 6. The first-order valence-corrected chi connectivity index (χ1v) is 14.0. The van der Waals surface area contributed by atoms with Crippen molar-refractivity contribution in [1.82, 2.24) is 0 Å². The molecule has 2 heterocycles. The molecule has 0 saturated heterocycles. The minimum absolute atomic E-state index is 0.0210. The highest BCUT2D eigenvalue weighted by Crippen LogP contribution is 2.59. The SMILES string of the molecule is O=Cc1ccc2c(c1)C1(OC2=O)c2cc(F)c(OS(=O)(=O)C(F)(F)F)c(F)c2Oc2c1cc(F)c(OS(=O)(=O)C(F)(F)F)c2F. The molecule has 1 spiro atoms. The number of carbonyl (C=O) groups excluding carboxylic acids is 2. The maximum absolute atomic E-state index is 15.6. The highest BCUT2D eigenvalue weighted by Gasteiger charge is 2.58. The maximum Gasteiger partial charge on any atom is 0.534 e. The van der Waals surface area contributed by atoms with Crippen LogP contribution in [0, 0.1) is 23.3 Å². The van der Waals surface area contributed by atoms with E-state index in [0.717, 1.165) is 18.2 Å². The largest absolute Gasteiger partial charge is 0.534 e. The van der Waals surface area contributed by atoms with Gasteiger partial charge in [-0.1, -0.05) is 6.07 Å². The number of benzene rings is 3. The number of hydrogen-bond donors (Lipinski definition) is 0. The van der Waals surface area contributed by atoms with Gasteiger partial charge in [-0.2, -0.15) is 52.0 Å². The molecule has 0 aromatic heterocycles. The summed E-state index contributed by atoms with van der Waals surface area (Å²) in [5, 5.41) is 0. The molecule has 0 bridgehead atoms. The van der Waals surface area contributed by atoms with Gasteiger partial charge in [-0.05, 0) is 24.3 Å². The van der Waals surface area contributed by atoms with E-state index in [9.17, 15) is 52.8 Å². The van der Waals surface area contributed by atoms with Gasteiger partial charge in [0.2, 0.25) is 23.1 Å². The van der Waals surface area contributed by atoms with Crippen LogP contribution in [-0.4, -0.2) is 40.1 Å². The maximum atomic E-state index is 15.6. The lowest BCUT2D eigenvalue weighted by atomic mass is 9.77. The van der Waals surface area contributed by atoms with E-state index >= 15 is 17.6 Å². The van der Waals surface area contributed by atoms with Crippen molar-refractivity contribution in [3.05, 3.63) is 81.4 Å². The lowest BCUT2D eigenvalue weighted by Gasteiger charge is -2.37. The molecule has 2 aliphatic rings. The second-order valence-corrected chi connectivity index (χ2v) is 11.9. The lowest BCUT2D eigenvalue weighted by molar-refractivity contribution is -0.0506. The minimum Gasteiger partial charge on any atom is -0.450 e.